The predicted molar refractivity (Wildman–Crippen MR) is 90.6 cm³/mol. The lowest BCUT2D eigenvalue weighted by Crippen LogP contribution is -1.78. The van der Waals surface area contributed by atoms with Crippen molar-refractivity contribution in [3.8, 4) is 22.8 Å². The molecule has 0 aliphatic carbocycles. The number of H-pyrrole nitrogens is 2. The van der Waals surface area contributed by atoms with Crippen molar-refractivity contribution < 1.29 is 0 Å². The number of hydrogen-bond donors (Lipinski definition) is 2. The molecule has 0 atom stereocenters. The fraction of sp³-hybridized carbons (Fsp3) is 0.125. The molecule has 8 nitrogen and oxygen atoms in total. The van der Waals surface area contributed by atoms with Crippen LogP contribution >= 0.6 is 0 Å². The molecule has 0 amide bonds. The van der Waals surface area contributed by atoms with Crippen LogP contribution in [-0.4, -0.2) is 41.2 Å². The number of aromatic nitrogens is 8. The molecule has 0 saturated carbocycles. The van der Waals surface area contributed by atoms with Crippen LogP contribution in [-0.2, 0) is 0 Å². The smallest absolute Gasteiger partial charge is 0.177 e. The van der Waals surface area contributed by atoms with E-state index < -0.39 is 0 Å². The van der Waals surface area contributed by atoms with E-state index in [0.29, 0.717) is 11.6 Å². The maximum absolute atomic E-state index is 3.84. The average Bonchev–Trinajstić information content (AvgIpc) is 3.39. The minimum Gasteiger partial charge on any atom is -0.177 e. The van der Waals surface area contributed by atoms with Gasteiger partial charge in [0.2, 0.25) is 11.6 Å². The largest absolute Gasteiger partial charge is 0.204 e. The predicted octanol–water partition coefficient (Wildman–Crippen LogP) is 2.76. The van der Waals surface area contributed by atoms with Crippen LogP contribution in [0.3, 0.4) is 0 Å². The molecule has 2 aromatic heterocycles. The molecule has 2 aromatic carbocycles. The molecule has 8 heteroatoms. The van der Waals surface area contributed by atoms with Gasteiger partial charge in [0, 0.05) is 11.1 Å². The van der Waals surface area contributed by atoms with Gasteiger partial charge in [-0.25, -0.2) is 0 Å². The summed E-state index contributed by atoms with van der Waals surface area (Å²) in [4.78, 5) is 0. The fourth-order valence-corrected chi connectivity index (χ4v) is 1.74. The molecule has 0 spiro atoms. The number of benzene rings is 2. The van der Waals surface area contributed by atoms with Crippen molar-refractivity contribution in [3.63, 3.8) is 0 Å². The summed E-state index contributed by atoms with van der Waals surface area (Å²) in [6.07, 6.45) is 0. The minimum atomic E-state index is 0.630. The molecule has 0 unspecified atom stereocenters. The van der Waals surface area contributed by atoms with E-state index in [0.717, 1.165) is 11.1 Å². The molecule has 2 N–H and O–H groups in total. The highest BCUT2D eigenvalue weighted by molar-refractivity contribution is 5.53. The lowest BCUT2D eigenvalue weighted by atomic mass is 10.2. The van der Waals surface area contributed by atoms with Crippen LogP contribution in [0.4, 0.5) is 0 Å². The Morgan fingerprint density at radius 2 is 0.958 bits per heavy atom. The summed E-state index contributed by atoms with van der Waals surface area (Å²) in [5.74, 6) is 1.26. The number of rotatable bonds is 2. The fourth-order valence-electron chi connectivity index (χ4n) is 1.74. The molecule has 122 valence electrons. The van der Waals surface area contributed by atoms with Crippen molar-refractivity contribution in [2.24, 2.45) is 0 Å². The van der Waals surface area contributed by atoms with Crippen LogP contribution in [0.25, 0.3) is 22.8 Å². The van der Waals surface area contributed by atoms with E-state index in [9.17, 15) is 0 Å². The van der Waals surface area contributed by atoms with E-state index in [4.69, 9.17) is 0 Å². The van der Waals surface area contributed by atoms with Gasteiger partial charge in [-0.05, 0) is 10.4 Å². The molecule has 0 bridgehead atoms. The van der Waals surface area contributed by atoms with Crippen molar-refractivity contribution in [2.45, 2.75) is 13.8 Å². The molecular formula is C16H18N8. The summed E-state index contributed by atoms with van der Waals surface area (Å²) in [6.45, 7) is 4.00. The summed E-state index contributed by atoms with van der Waals surface area (Å²) in [6, 6.07) is 19.4. The van der Waals surface area contributed by atoms with Crippen molar-refractivity contribution >= 4 is 0 Å². The van der Waals surface area contributed by atoms with Crippen LogP contribution < -0.4 is 0 Å². The first-order chi connectivity index (χ1) is 11.9. The molecule has 2 heterocycles. The maximum Gasteiger partial charge on any atom is 0.204 e. The summed E-state index contributed by atoms with van der Waals surface area (Å²) in [5.41, 5.74) is 1.95. The number of hydrogen-bond acceptors (Lipinski definition) is 6. The second-order valence-electron chi connectivity index (χ2n) is 4.20. The van der Waals surface area contributed by atoms with Gasteiger partial charge in [0.05, 0.1) is 0 Å². The third kappa shape index (κ3) is 4.80. The zero-order valence-electron chi connectivity index (χ0n) is 13.5. The lowest BCUT2D eigenvalue weighted by molar-refractivity contribution is 0.881. The first-order valence-electron chi connectivity index (χ1n) is 7.51. The van der Waals surface area contributed by atoms with E-state index in [1.807, 2.05) is 74.5 Å². The third-order valence-electron chi connectivity index (χ3n) is 2.75. The molecule has 0 fully saturated rings. The first-order valence-corrected chi connectivity index (χ1v) is 7.51. The zero-order chi connectivity index (χ0) is 17.0. The SMILES string of the molecule is CC.c1ccc(-c2nn[nH]n2)cc1.c1ccc(-c2nn[nH]n2)cc1. The van der Waals surface area contributed by atoms with Crippen LogP contribution in [0, 0.1) is 0 Å². The van der Waals surface area contributed by atoms with E-state index in [-0.39, 0.29) is 0 Å². The highest BCUT2D eigenvalue weighted by Crippen LogP contribution is 2.11. The molecular weight excluding hydrogens is 304 g/mol. The summed E-state index contributed by atoms with van der Waals surface area (Å²) < 4.78 is 0. The Labute approximate surface area is 139 Å². The Kier molecular flexibility index (Phi) is 6.75. The van der Waals surface area contributed by atoms with Gasteiger partial charge >= 0.3 is 0 Å². The van der Waals surface area contributed by atoms with Gasteiger partial charge in [-0.1, -0.05) is 74.5 Å². The highest BCUT2D eigenvalue weighted by atomic mass is 15.5. The van der Waals surface area contributed by atoms with Gasteiger partial charge in [0.15, 0.2) is 0 Å². The second kappa shape index (κ2) is 9.57. The van der Waals surface area contributed by atoms with Crippen LogP contribution in [0.1, 0.15) is 13.8 Å². The second-order valence-corrected chi connectivity index (χ2v) is 4.20. The Hall–Kier alpha value is -3.42. The third-order valence-corrected chi connectivity index (χ3v) is 2.75. The van der Waals surface area contributed by atoms with Gasteiger partial charge in [-0.3, -0.25) is 0 Å². The summed E-state index contributed by atoms with van der Waals surface area (Å²) in [5, 5.41) is 27.1. The van der Waals surface area contributed by atoms with Crippen molar-refractivity contribution in [1.29, 1.82) is 0 Å². The number of nitrogens with zero attached hydrogens (tertiary/aromatic N) is 6. The van der Waals surface area contributed by atoms with E-state index >= 15 is 0 Å². The summed E-state index contributed by atoms with van der Waals surface area (Å²) >= 11 is 0. The van der Waals surface area contributed by atoms with Crippen LogP contribution in [0.15, 0.2) is 60.7 Å². The van der Waals surface area contributed by atoms with Gasteiger partial charge in [-0.15, -0.1) is 20.4 Å². The molecule has 0 aliphatic heterocycles. The van der Waals surface area contributed by atoms with Gasteiger partial charge < -0.3 is 0 Å². The maximum atomic E-state index is 3.84. The summed E-state index contributed by atoms with van der Waals surface area (Å²) in [7, 11) is 0. The Balaban J connectivity index is 0.000000158. The normalized spacial score (nSPS) is 9.25. The molecule has 0 saturated heterocycles. The topological polar surface area (TPSA) is 109 Å². The van der Waals surface area contributed by atoms with Crippen molar-refractivity contribution in [2.75, 3.05) is 0 Å². The molecule has 24 heavy (non-hydrogen) atoms. The molecule has 0 radical (unpaired) electrons. The zero-order valence-corrected chi connectivity index (χ0v) is 13.5. The monoisotopic (exact) mass is 322 g/mol. The number of aromatic amines is 2. The minimum absolute atomic E-state index is 0.630. The van der Waals surface area contributed by atoms with Crippen molar-refractivity contribution in [3.05, 3.63) is 60.7 Å². The number of nitrogens with one attached hydrogen (secondary N) is 2. The van der Waals surface area contributed by atoms with Crippen LogP contribution in [0.5, 0.6) is 0 Å². The van der Waals surface area contributed by atoms with E-state index in [1.54, 1.807) is 0 Å². The quantitative estimate of drug-likeness (QED) is 0.587. The lowest BCUT2D eigenvalue weighted by Gasteiger charge is -1.89. The van der Waals surface area contributed by atoms with Crippen molar-refractivity contribution in [1.82, 2.24) is 41.2 Å². The first kappa shape index (κ1) is 16.9. The highest BCUT2D eigenvalue weighted by Gasteiger charge is 1.99. The molecule has 0 aliphatic rings. The van der Waals surface area contributed by atoms with Crippen LogP contribution in [0.2, 0.25) is 0 Å². The Bertz CT molecular complexity index is 698. The number of tetrazole rings is 2. The van der Waals surface area contributed by atoms with Gasteiger partial charge in [0.25, 0.3) is 0 Å². The van der Waals surface area contributed by atoms with Gasteiger partial charge in [-0.2, -0.15) is 10.4 Å². The standard InChI is InChI=1S/2C7H6N4.C2H6/c2*1-2-4-6(5-3-1)7-8-10-11-9-7;1-2/h2*1-5H,(H,8,9,10,11);1-2H3. The molecule has 4 rings (SSSR count). The van der Waals surface area contributed by atoms with E-state index in [1.165, 1.54) is 0 Å². The Morgan fingerprint density at radius 3 is 1.25 bits per heavy atom. The average molecular weight is 322 g/mol. The van der Waals surface area contributed by atoms with Gasteiger partial charge in [0.1, 0.15) is 0 Å². The Morgan fingerprint density at radius 1 is 0.583 bits per heavy atom. The molecule has 4 aromatic rings. The van der Waals surface area contributed by atoms with E-state index in [2.05, 4.69) is 41.2 Å².